The molecule has 1 amide bonds. The first-order chi connectivity index (χ1) is 15.2. The lowest BCUT2D eigenvalue weighted by Gasteiger charge is -2.21. The molecule has 0 radical (unpaired) electrons. The second kappa shape index (κ2) is 7.27. The van der Waals surface area contributed by atoms with Gasteiger partial charge in [0.05, 0.1) is 5.25 Å². The topological polar surface area (TPSA) is 66.8 Å². The lowest BCUT2D eigenvalue weighted by molar-refractivity contribution is -0.117. The average Bonchev–Trinajstić information content (AvgIpc) is 3.22. The third-order valence-electron chi connectivity index (χ3n) is 6.19. The van der Waals surface area contributed by atoms with Crippen LogP contribution < -0.4 is 4.90 Å². The number of hydrogen-bond donors (Lipinski definition) is 1. The summed E-state index contributed by atoms with van der Waals surface area (Å²) in [5.41, 5.74) is 4.45. The molecule has 2 aromatic heterocycles. The lowest BCUT2D eigenvalue weighted by atomic mass is 10.1. The molecule has 156 valence electrons. The van der Waals surface area contributed by atoms with Crippen LogP contribution in [0.25, 0.3) is 22.3 Å². The molecule has 6 rings (SSSR count). The van der Waals surface area contributed by atoms with Crippen LogP contribution >= 0.6 is 11.8 Å². The Morgan fingerprint density at radius 2 is 1.94 bits per heavy atom. The summed E-state index contributed by atoms with van der Waals surface area (Å²) in [6.07, 6.45) is 5.19. The summed E-state index contributed by atoms with van der Waals surface area (Å²) >= 11 is 1.52. The number of H-pyrrole nitrogens is 1. The quantitative estimate of drug-likeness (QED) is 0.462. The molecule has 2 aromatic carbocycles. The van der Waals surface area contributed by atoms with Gasteiger partial charge in [0.2, 0.25) is 5.91 Å². The van der Waals surface area contributed by atoms with Crippen LogP contribution in [0.4, 0.5) is 5.69 Å². The highest BCUT2D eigenvalue weighted by molar-refractivity contribution is 8.00. The number of aromatic nitrogens is 4. The van der Waals surface area contributed by atoms with Crippen molar-refractivity contribution in [2.75, 3.05) is 11.4 Å². The second-order valence-electron chi connectivity index (χ2n) is 8.28. The van der Waals surface area contributed by atoms with E-state index in [1.165, 1.54) is 17.3 Å². The molecule has 0 bridgehead atoms. The first-order valence-corrected chi connectivity index (χ1v) is 11.7. The first-order valence-electron chi connectivity index (χ1n) is 10.8. The zero-order valence-corrected chi connectivity index (χ0v) is 18.1. The third-order valence-corrected chi connectivity index (χ3v) is 7.23. The minimum Gasteiger partial charge on any atom is -0.360 e. The van der Waals surface area contributed by atoms with Gasteiger partial charge < -0.3 is 9.88 Å². The van der Waals surface area contributed by atoms with E-state index in [9.17, 15) is 4.79 Å². The van der Waals surface area contributed by atoms with Gasteiger partial charge in [0, 0.05) is 40.9 Å². The van der Waals surface area contributed by atoms with Gasteiger partial charge in [0.15, 0.2) is 11.0 Å². The minimum atomic E-state index is -0.233. The first kappa shape index (κ1) is 18.7. The molecular weight excluding hydrogens is 406 g/mol. The SMILES string of the molecule is C[C@H](Sc1nnc(-c2c[nH]c3ccccc23)n1C1CC1)C(=O)N1CCc2ccccc21. The zero-order chi connectivity index (χ0) is 20.9. The van der Waals surface area contributed by atoms with Crippen LogP contribution in [0.2, 0.25) is 0 Å². The molecular formula is C24H23N5OS. The fourth-order valence-corrected chi connectivity index (χ4v) is 5.44. The van der Waals surface area contributed by atoms with Gasteiger partial charge in [-0.25, -0.2) is 0 Å². The van der Waals surface area contributed by atoms with Gasteiger partial charge in [-0.1, -0.05) is 48.2 Å². The van der Waals surface area contributed by atoms with Gasteiger partial charge in [-0.05, 0) is 43.9 Å². The molecule has 2 aliphatic rings. The van der Waals surface area contributed by atoms with E-state index in [4.69, 9.17) is 0 Å². The minimum absolute atomic E-state index is 0.133. The van der Waals surface area contributed by atoms with Crippen molar-refractivity contribution in [1.82, 2.24) is 19.7 Å². The van der Waals surface area contributed by atoms with Gasteiger partial charge in [0.25, 0.3) is 0 Å². The van der Waals surface area contributed by atoms with Crippen molar-refractivity contribution in [3.05, 3.63) is 60.3 Å². The number of para-hydroxylation sites is 2. The Morgan fingerprint density at radius 3 is 2.81 bits per heavy atom. The maximum atomic E-state index is 13.3. The van der Waals surface area contributed by atoms with E-state index in [1.807, 2.05) is 48.4 Å². The molecule has 4 aromatic rings. The molecule has 1 aliphatic carbocycles. The largest absolute Gasteiger partial charge is 0.360 e. The van der Waals surface area contributed by atoms with E-state index in [-0.39, 0.29) is 11.2 Å². The van der Waals surface area contributed by atoms with Crippen LogP contribution in [0.3, 0.4) is 0 Å². The van der Waals surface area contributed by atoms with Gasteiger partial charge in [-0.3, -0.25) is 9.36 Å². The number of fused-ring (bicyclic) bond motifs is 2. The molecule has 3 heterocycles. The van der Waals surface area contributed by atoms with Crippen molar-refractivity contribution in [3.63, 3.8) is 0 Å². The number of aromatic amines is 1. The highest BCUT2D eigenvalue weighted by atomic mass is 32.2. The highest BCUT2D eigenvalue weighted by Gasteiger charge is 2.34. The number of thioether (sulfide) groups is 1. The average molecular weight is 430 g/mol. The van der Waals surface area contributed by atoms with Crippen LogP contribution in [0.1, 0.15) is 31.4 Å². The van der Waals surface area contributed by atoms with E-state index in [1.54, 1.807) is 0 Å². The maximum absolute atomic E-state index is 13.3. The maximum Gasteiger partial charge on any atom is 0.240 e. The summed E-state index contributed by atoms with van der Waals surface area (Å²) < 4.78 is 2.24. The Morgan fingerprint density at radius 1 is 1.13 bits per heavy atom. The van der Waals surface area contributed by atoms with Crippen LogP contribution in [-0.2, 0) is 11.2 Å². The molecule has 6 nitrogen and oxygen atoms in total. The number of benzene rings is 2. The Labute approximate surface area is 184 Å². The summed E-state index contributed by atoms with van der Waals surface area (Å²) in [5, 5.41) is 10.8. The smallest absolute Gasteiger partial charge is 0.240 e. The number of rotatable bonds is 5. The summed E-state index contributed by atoms with van der Waals surface area (Å²) in [4.78, 5) is 18.5. The molecule has 0 unspecified atom stereocenters. The number of carbonyl (C=O) groups excluding carboxylic acids is 1. The fourth-order valence-electron chi connectivity index (χ4n) is 4.45. The number of amides is 1. The highest BCUT2D eigenvalue weighted by Crippen LogP contribution is 2.43. The molecule has 1 fully saturated rings. The van der Waals surface area contributed by atoms with Crippen LogP contribution in [0.15, 0.2) is 59.9 Å². The van der Waals surface area contributed by atoms with Gasteiger partial charge in [0.1, 0.15) is 0 Å². The summed E-state index contributed by atoms with van der Waals surface area (Å²) in [6.45, 7) is 2.73. The monoisotopic (exact) mass is 429 g/mol. The van der Waals surface area contributed by atoms with E-state index < -0.39 is 0 Å². The van der Waals surface area contributed by atoms with Crippen molar-refractivity contribution in [1.29, 1.82) is 0 Å². The summed E-state index contributed by atoms with van der Waals surface area (Å²) in [6, 6.07) is 16.8. The van der Waals surface area contributed by atoms with Gasteiger partial charge in [-0.2, -0.15) is 0 Å². The summed E-state index contributed by atoms with van der Waals surface area (Å²) in [7, 11) is 0. The normalized spacial score (nSPS) is 16.6. The number of nitrogens with zero attached hydrogens (tertiary/aromatic N) is 4. The van der Waals surface area contributed by atoms with E-state index >= 15 is 0 Å². The molecule has 31 heavy (non-hydrogen) atoms. The summed E-state index contributed by atoms with van der Waals surface area (Å²) in [5.74, 6) is 1.02. The van der Waals surface area contributed by atoms with Crippen molar-refractivity contribution < 1.29 is 4.79 Å². The Bertz CT molecular complexity index is 1290. The number of hydrogen-bond acceptors (Lipinski definition) is 4. The predicted molar refractivity (Wildman–Crippen MR) is 123 cm³/mol. The van der Waals surface area contributed by atoms with Crippen molar-refractivity contribution >= 4 is 34.3 Å². The fraction of sp³-hybridized carbons (Fsp3) is 0.292. The molecule has 7 heteroatoms. The number of nitrogens with one attached hydrogen (secondary N) is 1. The van der Waals surface area contributed by atoms with E-state index in [2.05, 4.69) is 37.9 Å². The Hall–Kier alpha value is -3.06. The third kappa shape index (κ3) is 3.15. The van der Waals surface area contributed by atoms with Crippen LogP contribution in [0.5, 0.6) is 0 Å². The second-order valence-corrected chi connectivity index (χ2v) is 9.59. The molecule has 1 aliphatic heterocycles. The van der Waals surface area contributed by atoms with Crippen molar-refractivity contribution in [3.8, 4) is 11.4 Å². The molecule has 0 saturated heterocycles. The standard InChI is InChI=1S/C24H23N5OS/c1-15(23(30)28-13-12-16-6-2-5-9-21(16)28)31-24-27-26-22(29(24)17-10-11-17)19-14-25-20-8-4-3-7-18(19)20/h2-9,14-15,17,25H,10-13H2,1H3/t15-/m0/s1. The van der Waals surface area contributed by atoms with E-state index in [0.717, 1.165) is 58.9 Å². The van der Waals surface area contributed by atoms with E-state index in [0.29, 0.717) is 6.04 Å². The van der Waals surface area contributed by atoms with Crippen LogP contribution in [0, 0.1) is 0 Å². The molecule has 1 saturated carbocycles. The molecule has 1 atom stereocenters. The Balaban J connectivity index is 1.30. The van der Waals surface area contributed by atoms with Crippen molar-refractivity contribution in [2.45, 2.75) is 42.6 Å². The van der Waals surface area contributed by atoms with Crippen molar-refractivity contribution in [2.24, 2.45) is 0 Å². The number of carbonyl (C=O) groups is 1. The predicted octanol–water partition coefficient (Wildman–Crippen LogP) is 4.83. The lowest BCUT2D eigenvalue weighted by Crippen LogP contribution is -2.35. The zero-order valence-electron chi connectivity index (χ0n) is 17.3. The van der Waals surface area contributed by atoms with Crippen LogP contribution in [-0.4, -0.2) is 37.5 Å². The van der Waals surface area contributed by atoms with Gasteiger partial charge >= 0.3 is 0 Å². The Kier molecular flexibility index (Phi) is 4.38. The van der Waals surface area contributed by atoms with Gasteiger partial charge in [-0.15, -0.1) is 10.2 Å². The molecule has 0 spiro atoms. The number of anilines is 1. The molecule has 1 N–H and O–H groups in total.